The molecule has 0 aromatic carbocycles. The number of furan rings is 1. The second kappa shape index (κ2) is 8.11. The maximum atomic E-state index is 12.9. The highest BCUT2D eigenvalue weighted by molar-refractivity contribution is 5.78. The molecule has 3 heterocycles. The zero-order valence-electron chi connectivity index (χ0n) is 14.2. The van der Waals surface area contributed by atoms with E-state index in [0.717, 1.165) is 38.1 Å². The maximum absolute atomic E-state index is 12.9. The van der Waals surface area contributed by atoms with Crippen molar-refractivity contribution in [2.24, 2.45) is 0 Å². The van der Waals surface area contributed by atoms with Crippen molar-refractivity contribution in [1.82, 2.24) is 14.8 Å². The minimum absolute atomic E-state index is 0.0734. The smallest absolute Gasteiger partial charge is 0.237 e. The molecule has 1 unspecified atom stereocenters. The first-order chi connectivity index (χ1) is 11.7. The van der Waals surface area contributed by atoms with E-state index >= 15 is 0 Å². The van der Waals surface area contributed by atoms with Crippen molar-refractivity contribution >= 4 is 5.91 Å². The molecule has 3 rings (SSSR count). The second-order valence-corrected chi connectivity index (χ2v) is 6.50. The van der Waals surface area contributed by atoms with E-state index in [-0.39, 0.29) is 11.9 Å². The van der Waals surface area contributed by atoms with Crippen molar-refractivity contribution in [2.45, 2.75) is 38.3 Å². The van der Waals surface area contributed by atoms with E-state index in [1.807, 2.05) is 36.2 Å². The van der Waals surface area contributed by atoms with Crippen LogP contribution in [0.3, 0.4) is 0 Å². The van der Waals surface area contributed by atoms with Crippen LogP contribution in [0.2, 0.25) is 0 Å². The van der Waals surface area contributed by atoms with Gasteiger partial charge in [0.25, 0.3) is 0 Å². The Bertz CT molecular complexity index is 627. The van der Waals surface area contributed by atoms with Gasteiger partial charge in [0, 0.05) is 25.5 Å². The molecular weight excluding hydrogens is 302 g/mol. The molecule has 24 heavy (non-hydrogen) atoms. The van der Waals surface area contributed by atoms with Crippen LogP contribution >= 0.6 is 0 Å². The lowest BCUT2D eigenvalue weighted by Gasteiger charge is -2.30. The lowest BCUT2D eigenvalue weighted by Crippen LogP contribution is -2.40. The Labute approximate surface area is 143 Å². The Balaban J connectivity index is 1.65. The quantitative estimate of drug-likeness (QED) is 0.846. The van der Waals surface area contributed by atoms with E-state index in [4.69, 9.17) is 4.42 Å². The van der Waals surface area contributed by atoms with Gasteiger partial charge in [0.1, 0.15) is 5.76 Å². The molecule has 128 valence electrons. The maximum Gasteiger partial charge on any atom is 0.237 e. The number of carbonyl (C=O) groups excluding carboxylic acids is 1. The van der Waals surface area contributed by atoms with Gasteiger partial charge in [-0.1, -0.05) is 12.8 Å². The molecule has 1 saturated heterocycles. The number of likely N-dealkylation sites (N-methyl/N-ethyl adjacent to an activating group) is 1. The van der Waals surface area contributed by atoms with Gasteiger partial charge in [-0.15, -0.1) is 0 Å². The Morgan fingerprint density at radius 3 is 2.88 bits per heavy atom. The summed E-state index contributed by atoms with van der Waals surface area (Å²) >= 11 is 0. The molecule has 1 amide bonds. The van der Waals surface area contributed by atoms with Gasteiger partial charge in [0.15, 0.2) is 0 Å². The normalized spacial score (nSPS) is 18.6. The van der Waals surface area contributed by atoms with Gasteiger partial charge in [-0.2, -0.15) is 0 Å². The lowest BCUT2D eigenvalue weighted by atomic mass is 10.1. The molecule has 1 atom stereocenters. The summed E-state index contributed by atoms with van der Waals surface area (Å²) in [5, 5.41) is 0. The number of nitrogens with zero attached hydrogens (tertiary/aromatic N) is 3. The number of hydrogen-bond donors (Lipinski definition) is 0. The van der Waals surface area contributed by atoms with Crippen molar-refractivity contribution in [3.63, 3.8) is 0 Å². The number of pyridine rings is 1. The standard InChI is InChI=1S/C19H25N3O2/c1-21(14-16-8-10-20-11-9-16)15-19(23)22-12-4-2-3-6-17(22)18-7-5-13-24-18/h5,7-11,13,17H,2-4,6,12,14-15H2,1H3. The zero-order valence-corrected chi connectivity index (χ0v) is 14.2. The van der Waals surface area contributed by atoms with Gasteiger partial charge in [-0.05, 0) is 49.7 Å². The van der Waals surface area contributed by atoms with E-state index in [1.54, 1.807) is 18.7 Å². The van der Waals surface area contributed by atoms with Crippen LogP contribution in [0.15, 0.2) is 47.3 Å². The Hall–Kier alpha value is -2.14. The van der Waals surface area contributed by atoms with Crippen LogP contribution < -0.4 is 0 Å². The van der Waals surface area contributed by atoms with Crippen LogP contribution in [-0.4, -0.2) is 40.8 Å². The highest BCUT2D eigenvalue weighted by Crippen LogP contribution is 2.30. The van der Waals surface area contributed by atoms with Crippen molar-refractivity contribution in [3.05, 3.63) is 54.2 Å². The fourth-order valence-electron chi connectivity index (χ4n) is 3.36. The fraction of sp³-hybridized carbons (Fsp3) is 0.474. The molecule has 5 heteroatoms. The third kappa shape index (κ3) is 4.23. The molecule has 2 aromatic rings. The highest BCUT2D eigenvalue weighted by Gasteiger charge is 2.28. The fourth-order valence-corrected chi connectivity index (χ4v) is 3.36. The van der Waals surface area contributed by atoms with E-state index in [2.05, 4.69) is 9.88 Å². The van der Waals surface area contributed by atoms with E-state index in [1.165, 1.54) is 12.0 Å². The first kappa shape index (κ1) is 16.7. The van der Waals surface area contributed by atoms with Gasteiger partial charge in [-0.3, -0.25) is 14.7 Å². The number of carbonyl (C=O) groups is 1. The molecule has 0 bridgehead atoms. The Morgan fingerprint density at radius 1 is 1.29 bits per heavy atom. The summed E-state index contributed by atoms with van der Waals surface area (Å²) in [5.41, 5.74) is 1.17. The SMILES string of the molecule is CN(CC(=O)N1CCCCCC1c1ccco1)Cc1ccncc1. The van der Waals surface area contributed by atoms with E-state index < -0.39 is 0 Å². The van der Waals surface area contributed by atoms with Gasteiger partial charge in [0.05, 0.1) is 18.8 Å². The van der Waals surface area contributed by atoms with Crippen molar-refractivity contribution < 1.29 is 9.21 Å². The zero-order chi connectivity index (χ0) is 16.8. The van der Waals surface area contributed by atoms with Crippen molar-refractivity contribution in [2.75, 3.05) is 20.1 Å². The predicted octanol–water partition coefficient (Wildman–Crippen LogP) is 3.25. The van der Waals surface area contributed by atoms with E-state index in [9.17, 15) is 4.79 Å². The van der Waals surface area contributed by atoms with Gasteiger partial charge >= 0.3 is 0 Å². The largest absolute Gasteiger partial charge is 0.467 e. The lowest BCUT2D eigenvalue weighted by molar-refractivity contribution is -0.135. The first-order valence-corrected chi connectivity index (χ1v) is 8.64. The number of hydrogen-bond acceptors (Lipinski definition) is 4. The third-order valence-corrected chi connectivity index (χ3v) is 4.55. The van der Waals surface area contributed by atoms with Crippen LogP contribution in [-0.2, 0) is 11.3 Å². The molecule has 0 spiro atoms. The second-order valence-electron chi connectivity index (χ2n) is 6.50. The number of rotatable bonds is 5. The minimum Gasteiger partial charge on any atom is -0.467 e. The van der Waals surface area contributed by atoms with Crippen LogP contribution in [0, 0.1) is 0 Å². The van der Waals surface area contributed by atoms with Gasteiger partial charge < -0.3 is 9.32 Å². The average Bonchev–Trinajstić information content (AvgIpc) is 2.99. The van der Waals surface area contributed by atoms with Crippen molar-refractivity contribution in [1.29, 1.82) is 0 Å². The molecule has 0 radical (unpaired) electrons. The van der Waals surface area contributed by atoms with Crippen LogP contribution in [0.25, 0.3) is 0 Å². The third-order valence-electron chi connectivity index (χ3n) is 4.55. The molecule has 0 N–H and O–H groups in total. The summed E-state index contributed by atoms with van der Waals surface area (Å²) < 4.78 is 5.60. The number of likely N-dealkylation sites (tertiary alicyclic amines) is 1. The topological polar surface area (TPSA) is 49.6 Å². The van der Waals surface area contributed by atoms with E-state index in [0.29, 0.717) is 6.54 Å². The summed E-state index contributed by atoms with van der Waals surface area (Å²) in [7, 11) is 1.98. The molecule has 5 nitrogen and oxygen atoms in total. The minimum atomic E-state index is 0.0734. The number of amides is 1. The van der Waals surface area contributed by atoms with Crippen LogP contribution in [0.5, 0.6) is 0 Å². The van der Waals surface area contributed by atoms with Crippen LogP contribution in [0.1, 0.15) is 43.0 Å². The van der Waals surface area contributed by atoms with Gasteiger partial charge in [0.2, 0.25) is 5.91 Å². The number of aromatic nitrogens is 1. The summed E-state index contributed by atoms with van der Waals surface area (Å²) in [4.78, 5) is 21.0. The molecule has 0 aliphatic carbocycles. The molecule has 2 aromatic heterocycles. The predicted molar refractivity (Wildman–Crippen MR) is 92.2 cm³/mol. The molecule has 0 saturated carbocycles. The molecular formula is C19H25N3O2. The summed E-state index contributed by atoms with van der Waals surface area (Å²) in [5.74, 6) is 1.08. The Morgan fingerprint density at radius 2 is 2.12 bits per heavy atom. The monoisotopic (exact) mass is 327 g/mol. The van der Waals surface area contributed by atoms with Gasteiger partial charge in [-0.25, -0.2) is 0 Å². The summed E-state index contributed by atoms with van der Waals surface area (Å²) in [6.45, 7) is 1.97. The summed E-state index contributed by atoms with van der Waals surface area (Å²) in [6.07, 6.45) is 9.62. The Kier molecular flexibility index (Phi) is 5.64. The average molecular weight is 327 g/mol. The summed E-state index contributed by atoms with van der Waals surface area (Å²) in [6, 6.07) is 7.93. The molecule has 1 fully saturated rings. The molecule has 1 aliphatic heterocycles. The highest BCUT2D eigenvalue weighted by atomic mass is 16.3. The molecule has 1 aliphatic rings. The van der Waals surface area contributed by atoms with Crippen molar-refractivity contribution in [3.8, 4) is 0 Å². The van der Waals surface area contributed by atoms with Crippen LogP contribution in [0.4, 0.5) is 0 Å². The first-order valence-electron chi connectivity index (χ1n) is 8.64.